The normalized spacial score (nSPS) is 29.1. The molecule has 4 atom stereocenters. The summed E-state index contributed by atoms with van der Waals surface area (Å²) in [4.78, 5) is 26.0. The number of ketones is 1. The summed E-state index contributed by atoms with van der Waals surface area (Å²) in [5.41, 5.74) is -1.61. The van der Waals surface area contributed by atoms with E-state index in [9.17, 15) is 9.59 Å². The lowest BCUT2D eigenvalue weighted by atomic mass is 9.98. The largest absolute Gasteiger partial charge is 0.497 e. The lowest BCUT2D eigenvalue weighted by molar-refractivity contribution is -0.152. The number of fused-ring (bicyclic) bond motifs is 2. The summed E-state index contributed by atoms with van der Waals surface area (Å²) < 4.78 is 48.5. The van der Waals surface area contributed by atoms with E-state index in [0.717, 1.165) is 12.2 Å². The van der Waals surface area contributed by atoms with E-state index in [-0.39, 0.29) is 18.1 Å². The minimum atomic E-state index is -2.13. The molecule has 1 aromatic carbocycles. The van der Waals surface area contributed by atoms with Crippen LogP contribution in [0.3, 0.4) is 0 Å². The average molecular weight is 479 g/mol. The Kier molecular flexibility index (Phi) is 7.80. The van der Waals surface area contributed by atoms with Gasteiger partial charge in [-0.2, -0.15) is 0 Å². The third-order valence-corrected chi connectivity index (χ3v) is 5.66. The molecular weight excluding hydrogens is 447 g/mol. The van der Waals surface area contributed by atoms with E-state index >= 15 is 4.39 Å². The zero-order chi connectivity index (χ0) is 25.1. The molecule has 1 aromatic rings. The maximum atomic E-state index is 15.4. The summed E-state index contributed by atoms with van der Waals surface area (Å²) in [7, 11) is 2.93. The van der Waals surface area contributed by atoms with Gasteiger partial charge in [0.1, 0.15) is 29.3 Å². The van der Waals surface area contributed by atoms with Crippen molar-refractivity contribution < 1.29 is 42.4 Å². The lowest BCUT2D eigenvalue weighted by Gasteiger charge is -2.25. The van der Waals surface area contributed by atoms with Crippen molar-refractivity contribution in [3.05, 3.63) is 41.5 Å². The topological polar surface area (TPSA) is 89.5 Å². The van der Waals surface area contributed by atoms with Crippen molar-refractivity contribution in [2.75, 3.05) is 21.0 Å². The van der Waals surface area contributed by atoms with Gasteiger partial charge in [-0.25, -0.2) is 9.18 Å². The van der Waals surface area contributed by atoms with Crippen molar-refractivity contribution in [1.29, 1.82) is 0 Å². The van der Waals surface area contributed by atoms with Crippen LogP contribution in [0.1, 0.15) is 50.0 Å². The average Bonchev–Trinajstić information content (AvgIpc) is 3.09. The van der Waals surface area contributed by atoms with E-state index in [1.807, 2.05) is 0 Å². The second-order valence-corrected chi connectivity index (χ2v) is 8.81. The van der Waals surface area contributed by atoms with Gasteiger partial charge in [0.05, 0.1) is 13.2 Å². The van der Waals surface area contributed by atoms with Gasteiger partial charge < -0.3 is 28.4 Å². The molecule has 2 aliphatic heterocycles. The van der Waals surface area contributed by atoms with E-state index in [0.29, 0.717) is 17.7 Å². The Morgan fingerprint density at radius 2 is 1.85 bits per heavy atom. The summed E-state index contributed by atoms with van der Waals surface area (Å²) in [6, 6.07) is 3.16. The Labute approximate surface area is 198 Å². The monoisotopic (exact) mass is 478 g/mol. The molecule has 3 rings (SSSR count). The summed E-state index contributed by atoms with van der Waals surface area (Å²) in [5.74, 6) is -1.60. The van der Waals surface area contributed by atoms with Crippen LogP contribution < -0.4 is 9.47 Å². The molecule has 1 fully saturated rings. The molecular formula is C25H31FO8. The van der Waals surface area contributed by atoms with Crippen LogP contribution in [-0.2, 0) is 23.7 Å². The number of carbonyl (C=O) groups excluding carboxylic acids is 2. The zero-order valence-corrected chi connectivity index (χ0v) is 20.3. The van der Waals surface area contributed by atoms with Crippen LogP contribution in [0.4, 0.5) is 4.39 Å². The molecule has 1 saturated heterocycles. The first-order valence-electron chi connectivity index (χ1n) is 11.0. The highest BCUT2D eigenvalue weighted by atomic mass is 19.1. The van der Waals surface area contributed by atoms with Gasteiger partial charge in [0.15, 0.2) is 24.0 Å². The van der Waals surface area contributed by atoms with Gasteiger partial charge in [0.2, 0.25) is 0 Å². The number of carbonyl (C=O) groups is 2. The molecule has 2 aliphatic rings. The molecule has 0 amide bonds. The number of methoxy groups -OCH3 is 2. The quantitative estimate of drug-likeness (QED) is 0.474. The molecule has 0 saturated carbocycles. The van der Waals surface area contributed by atoms with Crippen molar-refractivity contribution in [2.45, 2.75) is 63.9 Å². The predicted molar refractivity (Wildman–Crippen MR) is 122 cm³/mol. The van der Waals surface area contributed by atoms with Gasteiger partial charge in [-0.05, 0) is 57.9 Å². The van der Waals surface area contributed by atoms with Gasteiger partial charge in [-0.1, -0.05) is 12.2 Å². The van der Waals surface area contributed by atoms with E-state index in [1.165, 1.54) is 34.1 Å². The second-order valence-electron chi connectivity index (χ2n) is 8.81. The Balaban J connectivity index is 2.11. The molecule has 0 bridgehead atoms. The second kappa shape index (κ2) is 10.2. The molecule has 0 radical (unpaired) electrons. The molecule has 0 aromatic heterocycles. The van der Waals surface area contributed by atoms with Crippen LogP contribution in [0.5, 0.6) is 11.5 Å². The van der Waals surface area contributed by atoms with Gasteiger partial charge in [0.25, 0.3) is 0 Å². The summed E-state index contributed by atoms with van der Waals surface area (Å²) in [5, 5.41) is 0. The third kappa shape index (κ3) is 5.84. The molecule has 2 heterocycles. The Morgan fingerprint density at radius 1 is 1.12 bits per heavy atom. The first-order chi connectivity index (χ1) is 16.0. The van der Waals surface area contributed by atoms with Crippen LogP contribution >= 0.6 is 0 Å². The van der Waals surface area contributed by atoms with E-state index in [1.54, 1.807) is 32.1 Å². The number of benzene rings is 1. The minimum absolute atomic E-state index is 0.0920. The Hall–Kier alpha value is -2.75. The van der Waals surface area contributed by atoms with Gasteiger partial charge >= 0.3 is 5.97 Å². The number of halogens is 1. The third-order valence-electron chi connectivity index (χ3n) is 5.66. The summed E-state index contributed by atoms with van der Waals surface area (Å²) >= 11 is 0. The standard InChI is InChI=1S/C25H31FO8/c1-15-25(4,26)11-10-18(27)22-19(33-24(2,3)34-22)9-7-8-16-12-17(30-6)13-20(31-14-29-5)21(16)23(28)32-15/h7-8,10-13,15,19,22H,9,14H2,1-6H3. The lowest BCUT2D eigenvalue weighted by Crippen LogP contribution is -2.36. The number of cyclic esters (lactones) is 1. The van der Waals surface area contributed by atoms with Gasteiger partial charge in [-0.3, -0.25) is 4.79 Å². The highest BCUT2D eigenvalue weighted by molar-refractivity contribution is 5.97. The minimum Gasteiger partial charge on any atom is -0.497 e. The predicted octanol–water partition coefficient (Wildman–Crippen LogP) is 4.01. The molecule has 8 nitrogen and oxygen atoms in total. The number of alkyl halides is 1. The van der Waals surface area contributed by atoms with Crippen molar-refractivity contribution in [2.24, 2.45) is 0 Å². The van der Waals surface area contributed by atoms with E-state index in [4.69, 9.17) is 28.4 Å². The van der Waals surface area contributed by atoms with Crippen LogP contribution in [0.2, 0.25) is 0 Å². The highest BCUT2D eigenvalue weighted by Crippen LogP contribution is 2.35. The Morgan fingerprint density at radius 3 is 2.53 bits per heavy atom. The van der Waals surface area contributed by atoms with Crippen molar-refractivity contribution in [3.63, 3.8) is 0 Å². The molecule has 0 N–H and O–H groups in total. The maximum absolute atomic E-state index is 15.4. The Bertz CT molecular complexity index is 981. The fourth-order valence-corrected chi connectivity index (χ4v) is 3.70. The highest BCUT2D eigenvalue weighted by Gasteiger charge is 2.44. The van der Waals surface area contributed by atoms with Gasteiger partial charge in [0, 0.05) is 13.2 Å². The van der Waals surface area contributed by atoms with E-state index < -0.39 is 41.5 Å². The number of hydrogen-bond acceptors (Lipinski definition) is 8. The maximum Gasteiger partial charge on any atom is 0.342 e. The molecule has 34 heavy (non-hydrogen) atoms. The zero-order valence-electron chi connectivity index (χ0n) is 20.3. The first kappa shape index (κ1) is 25.9. The fraction of sp³-hybridized carbons (Fsp3) is 0.520. The van der Waals surface area contributed by atoms with Crippen LogP contribution in [-0.4, -0.2) is 62.5 Å². The summed E-state index contributed by atoms with van der Waals surface area (Å²) in [6.45, 7) is 5.94. The fourth-order valence-electron chi connectivity index (χ4n) is 3.70. The van der Waals surface area contributed by atoms with Crippen molar-refractivity contribution >= 4 is 17.8 Å². The van der Waals surface area contributed by atoms with Crippen LogP contribution in [0.25, 0.3) is 6.08 Å². The molecule has 0 spiro atoms. The molecule has 0 aliphatic carbocycles. The van der Waals surface area contributed by atoms with Crippen molar-refractivity contribution in [1.82, 2.24) is 0 Å². The van der Waals surface area contributed by atoms with Crippen LogP contribution in [0, 0.1) is 0 Å². The first-order valence-corrected chi connectivity index (χ1v) is 11.0. The number of ether oxygens (including phenoxy) is 6. The molecule has 186 valence electrons. The number of hydrogen-bond donors (Lipinski definition) is 0. The van der Waals surface area contributed by atoms with Crippen LogP contribution in [0.15, 0.2) is 30.4 Å². The van der Waals surface area contributed by atoms with Gasteiger partial charge in [-0.15, -0.1) is 0 Å². The molecule has 4 unspecified atom stereocenters. The smallest absolute Gasteiger partial charge is 0.342 e. The van der Waals surface area contributed by atoms with E-state index in [2.05, 4.69) is 0 Å². The number of rotatable bonds is 4. The van der Waals surface area contributed by atoms with Crippen molar-refractivity contribution in [3.8, 4) is 11.5 Å². The summed E-state index contributed by atoms with van der Waals surface area (Å²) in [6.07, 6.45) is 3.23. The SMILES string of the molecule is COCOc1cc(OC)cc2c1C(=O)OC(C)C(C)(F)C=CC(=O)C1OC(C)(C)OC1CC=C2. The number of esters is 1. The molecule has 9 heteroatoms.